The number of rotatable bonds is 6. The molecule has 1 aliphatic rings. The minimum atomic E-state index is -0.440. The third-order valence-corrected chi connectivity index (χ3v) is 5.70. The van der Waals surface area contributed by atoms with Crippen LogP contribution in [0.25, 0.3) is 11.1 Å². The zero-order chi connectivity index (χ0) is 22.5. The molecule has 1 N–H and O–H groups in total. The van der Waals surface area contributed by atoms with E-state index < -0.39 is 5.82 Å². The summed E-state index contributed by atoms with van der Waals surface area (Å²) in [5, 5.41) is 3.76. The number of ether oxygens (including phenoxy) is 1. The molecule has 9 heteroatoms. The molecule has 1 fully saturated rings. The normalized spacial score (nSPS) is 13.7. The highest BCUT2D eigenvalue weighted by molar-refractivity contribution is 6.36. The van der Waals surface area contributed by atoms with Crippen LogP contribution in [0.5, 0.6) is 5.75 Å². The van der Waals surface area contributed by atoms with Gasteiger partial charge in [-0.25, -0.2) is 4.39 Å². The third-order valence-electron chi connectivity index (χ3n) is 5.06. The summed E-state index contributed by atoms with van der Waals surface area (Å²) in [7, 11) is 1.49. The molecule has 0 atom stereocenters. The Bertz CT molecular complexity index is 1010. The van der Waals surface area contributed by atoms with Crippen molar-refractivity contribution in [2.24, 2.45) is 0 Å². The van der Waals surface area contributed by atoms with Crippen LogP contribution < -0.4 is 10.1 Å². The number of carbonyl (C=O) groups is 2. The first-order chi connectivity index (χ1) is 14.8. The number of carbonyl (C=O) groups excluding carboxylic acids is 2. The van der Waals surface area contributed by atoms with Gasteiger partial charge in [-0.3, -0.25) is 9.59 Å². The third kappa shape index (κ3) is 5.29. The second-order valence-electron chi connectivity index (χ2n) is 6.92. The van der Waals surface area contributed by atoms with E-state index in [9.17, 15) is 14.0 Å². The van der Waals surface area contributed by atoms with Crippen LogP contribution in [0.4, 0.5) is 10.1 Å². The summed E-state index contributed by atoms with van der Waals surface area (Å²) in [6, 6.07) is 7.29. The number of methoxy groups -OCH3 is 1. The van der Waals surface area contributed by atoms with Gasteiger partial charge in [-0.2, -0.15) is 0 Å². The SMILES string of the molecule is C=CC(=O)N1CCN(C(=O)CNc2cc(-c3cc(F)ccc3Cl)c(Cl)cc2OC)CC1. The Balaban J connectivity index is 1.74. The van der Waals surface area contributed by atoms with Gasteiger partial charge in [0.1, 0.15) is 11.6 Å². The van der Waals surface area contributed by atoms with E-state index in [1.165, 1.54) is 31.4 Å². The number of nitrogens with one attached hydrogen (secondary N) is 1. The van der Waals surface area contributed by atoms with Crippen molar-refractivity contribution >= 4 is 40.7 Å². The van der Waals surface area contributed by atoms with Gasteiger partial charge >= 0.3 is 0 Å². The molecule has 3 rings (SSSR count). The Morgan fingerprint density at radius 1 is 1.10 bits per heavy atom. The van der Waals surface area contributed by atoms with Crippen molar-refractivity contribution in [1.82, 2.24) is 9.80 Å². The summed E-state index contributed by atoms with van der Waals surface area (Å²) in [5.74, 6) is -0.256. The van der Waals surface area contributed by atoms with Crippen LogP contribution in [-0.4, -0.2) is 61.4 Å². The van der Waals surface area contributed by atoms with Crippen LogP contribution in [0, 0.1) is 5.82 Å². The Labute approximate surface area is 190 Å². The Morgan fingerprint density at radius 2 is 1.74 bits per heavy atom. The van der Waals surface area contributed by atoms with Crippen LogP contribution in [0.15, 0.2) is 43.0 Å². The van der Waals surface area contributed by atoms with Gasteiger partial charge in [0.2, 0.25) is 11.8 Å². The Hall–Kier alpha value is -2.77. The smallest absolute Gasteiger partial charge is 0.246 e. The van der Waals surface area contributed by atoms with Gasteiger partial charge in [-0.15, -0.1) is 0 Å². The van der Waals surface area contributed by atoms with E-state index in [0.29, 0.717) is 58.8 Å². The maximum atomic E-state index is 13.7. The summed E-state index contributed by atoms with van der Waals surface area (Å²) in [4.78, 5) is 27.7. The van der Waals surface area contributed by atoms with Crippen molar-refractivity contribution in [3.63, 3.8) is 0 Å². The summed E-state index contributed by atoms with van der Waals surface area (Å²) < 4.78 is 19.1. The summed E-state index contributed by atoms with van der Waals surface area (Å²) >= 11 is 12.6. The van der Waals surface area contributed by atoms with E-state index >= 15 is 0 Å². The molecular weight excluding hydrogens is 444 g/mol. The quantitative estimate of drug-likeness (QED) is 0.652. The topological polar surface area (TPSA) is 61.9 Å². The number of hydrogen-bond donors (Lipinski definition) is 1. The lowest BCUT2D eigenvalue weighted by Crippen LogP contribution is -2.51. The van der Waals surface area contributed by atoms with Gasteiger partial charge in [-0.1, -0.05) is 29.8 Å². The molecule has 0 unspecified atom stereocenters. The van der Waals surface area contributed by atoms with E-state index in [4.69, 9.17) is 27.9 Å². The first-order valence-corrected chi connectivity index (χ1v) is 10.4. The lowest BCUT2D eigenvalue weighted by atomic mass is 10.0. The molecule has 0 radical (unpaired) electrons. The van der Waals surface area contributed by atoms with Gasteiger partial charge in [-0.05, 0) is 30.3 Å². The highest BCUT2D eigenvalue weighted by Gasteiger charge is 2.23. The van der Waals surface area contributed by atoms with Gasteiger partial charge < -0.3 is 19.9 Å². The standard InChI is InChI=1S/C22H22Cl2FN3O3/c1-3-21(29)27-6-8-28(9-7-27)22(30)13-26-19-11-16(18(24)12-20(19)31-2)15-10-14(25)4-5-17(15)23/h3-5,10-12,26H,1,6-9,13H2,2H3. The number of amides is 2. The monoisotopic (exact) mass is 465 g/mol. The molecule has 1 saturated heterocycles. The van der Waals surface area contributed by atoms with Crippen LogP contribution in [0.2, 0.25) is 10.0 Å². The molecule has 0 aromatic heterocycles. The average molecular weight is 466 g/mol. The van der Waals surface area contributed by atoms with Crippen molar-refractivity contribution < 1.29 is 18.7 Å². The molecule has 0 saturated carbocycles. The number of benzene rings is 2. The van der Waals surface area contributed by atoms with Crippen LogP contribution in [-0.2, 0) is 9.59 Å². The molecule has 164 valence electrons. The summed E-state index contributed by atoms with van der Waals surface area (Å²) in [5.41, 5.74) is 1.47. The Morgan fingerprint density at radius 3 is 2.39 bits per heavy atom. The molecular formula is C22H22Cl2FN3O3. The number of hydrogen-bond acceptors (Lipinski definition) is 4. The fourth-order valence-electron chi connectivity index (χ4n) is 3.36. The Kier molecular flexibility index (Phi) is 7.41. The van der Waals surface area contributed by atoms with Crippen LogP contribution in [0.1, 0.15) is 0 Å². The predicted octanol–water partition coefficient (Wildman–Crippen LogP) is 4.08. The van der Waals surface area contributed by atoms with Gasteiger partial charge in [0, 0.05) is 48.4 Å². The zero-order valence-electron chi connectivity index (χ0n) is 17.0. The molecule has 2 aromatic carbocycles. The summed E-state index contributed by atoms with van der Waals surface area (Å²) in [6.45, 7) is 5.32. The van der Waals surface area contributed by atoms with Crippen molar-refractivity contribution in [2.75, 3.05) is 45.2 Å². The number of nitrogens with zero attached hydrogens (tertiary/aromatic N) is 2. The van der Waals surface area contributed by atoms with Crippen molar-refractivity contribution in [3.05, 3.63) is 58.8 Å². The van der Waals surface area contributed by atoms with E-state index in [1.54, 1.807) is 21.9 Å². The second-order valence-corrected chi connectivity index (χ2v) is 7.73. The highest BCUT2D eigenvalue weighted by atomic mass is 35.5. The minimum absolute atomic E-state index is 0.0176. The van der Waals surface area contributed by atoms with Crippen molar-refractivity contribution in [2.45, 2.75) is 0 Å². The fourth-order valence-corrected chi connectivity index (χ4v) is 3.84. The molecule has 31 heavy (non-hydrogen) atoms. The van der Waals surface area contributed by atoms with Gasteiger partial charge in [0.15, 0.2) is 0 Å². The molecule has 1 aliphatic heterocycles. The minimum Gasteiger partial charge on any atom is -0.495 e. The van der Waals surface area contributed by atoms with Gasteiger partial charge in [0.25, 0.3) is 0 Å². The molecule has 2 aromatic rings. The van der Waals surface area contributed by atoms with Crippen molar-refractivity contribution in [3.8, 4) is 16.9 Å². The van der Waals surface area contributed by atoms with E-state index in [0.717, 1.165) is 0 Å². The van der Waals surface area contributed by atoms with Crippen molar-refractivity contribution in [1.29, 1.82) is 0 Å². The molecule has 0 bridgehead atoms. The maximum Gasteiger partial charge on any atom is 0.246 e. The second kappa shape index (κ2) is 10.0. The number of piperazine rings is 1. The van der Waals surface area contributed by atoms with E-state index in [2.05, 4.69) is 11.9 Å². The van der Waals surface area contributed by atoms with E-state index in [1.807, 2.05) is 0 Å². The first kappa shape index (κ1) is 22.9. The van der Waals surface area contributed by atoms with Crippen LogP contribution >= 0.6 is 23.2 Å². The number of halogens is 3. The fraction of sp³-hybridized carbons (Fsp3) is 0.273. The summed E-state index contributed by atoms with van der Waals surface area (Å²) in [6.07, 6.45) is 1.27. The molecule has 2 amide bonds. The maximum absolute atomic E-state index is 13.7. The molecule has 0 aliphatic carbocycles. The van der Waals surface area contributed by atoms with Gasteiger partial charge in [0.05, 0.1) is 24.4 Å². The number of anilines is 1. The molecule has 1 heterocycles. The first-order valence-electron chi connectivity index (χ1n) is 9.60. The molecule has 0 spiro atoms. The highest BCUT2D eigenvalue weighted by Crippen LogP contribution is 2.39. The average Bonchev–Trinajstić information content (AvgIpc) is 2.79. The lowest BCUT2D eigenvalue weighted by molar-refractivity contribution is -0.135. The van der Waals surface area contributed by atoms with E-state index in [-0.39, 0.29) is 18.4 Å². The molecule has 6 nitrogen and oxygen atoms in total. The predicted molar refractivity (Wildman–Crippen MR) is 120 cm³/mol. The van der Waals surface area contributed by atoms with Crippen LogP contribution in [0.3, 0.4) is 0 Å². The zero-order valence-corrected chi connectivity index (χ0v) is 18.5. The largest absolute Gasteiger partial charge is 0.495 e. The lowest BCUT2D eigenvalue weighted by Gasteiger charge is -2.34.